The Morgan fingerprint density at radius 2 is 2.08 bits per heavy atom. The predicted molar refractivity (Wildman–Crippen MR) is 141 cm³/mol. The molecule has 10 nitrogen and oxygen atoms in total. The maximum Gasteiger partial charge on any atom is 0.253 e. The van der Waals surface area contributed by atoms with E-state index >= 15 is 0 Å². The number of nitrogens with one attached hydrogen (secondary N) is 1. The Bertz CT molecular complexity index is 1400. The average molecular weight is 519 g/mol. The van der Waals surface area contributed by atoms with Crippen LogP contribution in [0.3, 0.4) is 0 Å². The Balaban J connectivity index is 1.49. The second-order valence-electron chi connectivity index (χ2n) is 10.2. The van der Waals surface area contributed by atoms with Crippen molar-refractivity contribution in [3.05, 3.63) is 70.2 Å². The summed E-state index contributed by atoms with van der Waals surface area (Å²) in [6, 6.07) is 11.2. The lowest BCUT2D eigenvalue weighted by Gasteiger charge is -2.32. The van der Waals surface area contributed by atoms with Gasteiger partial charge in [0.25, 0.3) is 5.56 Å². The molecular formula is C28H34N6O4. The molecule has 6 rings (SSSR count). The monoisotopic (exact) mass is 518 g/mol. The highest BCUT2D eigenvalue weighted by Crippen LogP contribution is 2.35. The third kappa shape index (κ3) is 5.10. The molecule has 1 aliphatic heterocycles. The summed E-state index contributed by atoms with van der Waals surface area (Å²) in [4.78, 5) is 19.0. The Labute approximate surface area is 220 Å². The first-order chi connectivity index (χ1) is 18.7. The quantitative estimate of drug-likeness (QED) is 0.329. The number of aromatic amines is 1. The zero-order valence-electron chi connectivity index (χ0n) is 21.7. The lowest BCUT2D eigenvalue weighted by atomic mass is 10.0. The van der Waals surface area contributed by atoms with Gasteiger partial charge in [0.05, 0.1) is 31.6 Å². The van der Waals surface area contributed by atoms with Crippen LogP contribution in [-0.4, -0.2) is 56.0 Å². The largest absolute Gasteiger partial charge is 0.494 e. The van der Waals surface area contributed by atoms with E-state index in [1.54, 1.807) is 6.26 Å². The second-order valence-corrected chi connectivity index (χ2v) is 10.2. The fourth-order valence-electron chi connectivity index (χ4n) is 5.86. The molecule has 0 radical (unpaired) electrons. The van der Waals surface area contributed by atoms with Gasteiger partial charge in [0.1, 0.15) is 17.6 Å². The highest BCUT2D eigenvalue weighted by Gasteiger charge is 2.35. The van der Waals surface area contributed by atoms with Crippen molar-refractivity contribution in [2.24, 2.45) is 0 Å². The van der Waals surface area contributed by atoms with E-state index in [2.05, 4.69) is 25.4 Å². The number of hydrogen-bond acceptors (Lipinski definition) is 8. The van der Waals surface area contributed by atoms with E-state index in [1.165, 1.54) is 0 Å². The van der Waals surface area contributed by atoms with Crippen LogP contribution in [0.1, 0.15) is 74.7 Å². The number of fused-ring (bicyclic) bond motifs is 1. The molecule has 4 aromatic rings. The smallest absolute Gasteiger partial charge is 0.253 e. The van der Waals surface area contributed by atoms with Gasteiger partial charge >= 0.3 is 0 Å². The zero-order chi connectivity index (χ0) is 25.9. The van der Waals surface area contributed by atoms with Gasteiger partial charge in [-0.2, -0.15) is 0 Å². The van der Waals surface area contributed by atoms with Gasteiger partial charge in [-0.05, 0) is 79.4 Å². The summed E-state index contributed by atoms with van der Waals surface area (Å²) < 4.78 is 19.5. The molecule has 200 valence electrons. The molecule has 2 aliphatic rings. The molecule has 38 heavy (non-hydrogen) atoms. The Morgan fingerprint density at radius 1 is 1.18 bits per heavy atom. The van der Waals surface area contributed by atoms with Crippen molar-refractivity contribution in [1.29, 1.82) is 0 Å². The molecule has 2 atom stereocenters. The molecule has 0 spiro atoms. The van der Waals surface area contributed by atoms with Gasteiger partial charge in [0.2, 0.25) is 0 Å². The number of benzene rings is 1. The van der Waals surface area contributed by atoms with Gasteiger partial charge in [0, 0.05) is 29.6 Å². The standard InChI is InChI=1S/C28H34N6O4/c1-2-36-21-11-12-25-19(15-21)16-24(28(35)29-25)26(27-30-31-32-34(27)20-7-3-4-8-20)33(17-22-9-5-13-37-22)18-23-10-6-14-38-23/h5,9,11-13,15-16,20,23,26H,2-4,6-8,10,14,17-18H2,1H3,(H,29,35)/t23-,26-/m1/s1. The first kappa shape index (κ1) is 24.8. The number of H-pyrrole nitrogens is 1. The van der Waals surface area contributed by atoms with Crippen molar-refractivity contribution in [2.45, 2.75) is 70.2 Å². The number of nitrogens with zero attached hydrogens (tertiary/aromatic N) is 5. The second kappa shape index (κ2) is 11.1. The fourth-order valence-corrected chi connectivity index (χ4v) is 5.86. The molecule has 10 heteroatoms. The SMILES string of the molecule is CCOc1ccc2[nH]c(=O)c([C@H](c3nnnn3C3CCCC3)N(Cc3ccco3)C[C@H]3CCCO3)cc2c1. The van der Waals surface area contributed by atoms with E-state index in [0.29, 0.717) is 31.1 Å². The van der Waals surface area contributed by atoms with E-state index in [1.807, 2.05) is 48.0 Å². The maximum atomic E-state index is 13.7. The maximum absolute atomic E-state index is 13.7. The number of furan rings is 1. The van der Waals surface area contributed by atoms with Crippen LogP contribution in [0.15, 0.2) is 51.9 Å². The predicted octanol–water partition coefficient (Wildman–Crippen LogP) is 4.39. The molecule has 0 unspecified atom stereocenters. The highest BCUT2D eigenvalue weighted by molar-refractivity contribution is 5.80. The van der Waals surface area contributed by atoms with Crippen molar-refractivity contribution in [1.82, 2.24) is 30.1 Å². The molecule has 4 heterocycles. The first-order valence-corrected chi connectivity index (χ1v) is 13.6. The average Bonchev–Trinajstić information content (AvgIpc) is 3.73. The fraction of sp³-hybridized carbons (Fsp3) is 0.500. The third-order valence-electron chi connectivity index (χ3n) is 7.65. The number of hydrogen-bond donors (Lipinski definition) is 1. The van der Waals surface area contributed by atoms with Gasteiger partial charge in [-0.1, -0.05) is 12.8 Å². The van der Waals surface area contributed by atoms with Gasteiger partial charge in [-0.15, -0.1) is 5.10 Å². The Hall–Kier alpha value is -3.50. The normalized spacial score (nSPS) is 19.1. The zero-order valence-corrected chi connectivity index (χ0v) is 21.7. The Morgan fingerprint density at radius 3 is 2.84 bits per heavy atom. The van der Waals surface area contributed by atoms with Crippen molar-refractivity contribution in [3.8, 4) is 5.75 Å². The van der Waals surface area contributed by atoms with Crippen LogP contribution in [0.4, 0.5) is 0 Å². The topological polar surface area (TPSA) is 111 Å². The van der Waals surface area contributed by atoms with Gasteiger partial charge in [0.15, 0.2) is 5.82 Å². The molecule has 3 aromatic heterocycles. The lowest BCUT2D eigenvalue weighted by molar-refractivity contribution is 0.0541. The molecular weight excluding hydrogens is 484 g/mol. The van der Waals surface area contributed by atoms with E-state index in [-0.39, 0.29) is 17.7 Å². The van der Waals surface area contributed by atoms with Crippen LogP contribution < -0.4 is 10.3 Å². The Kier molecular flexibility index (Phi) is 7.24. The van der Waals surface area contributed by atoms with Crippen molar-refractivity contribution < 1.29 is 13.9 Å². The molecule has 0 amide bonds. The first-order valence-electron chi connectivity index (χ1n) is 13.6. The van der Waals surface area contributed by atoms with Crippen LogP contribution in [0.5, 0.6) is 5.75 Å². The molecule has 1 saturated carbocycles. The van der Waals surface area contributed by atoms with Crippen LogP contribution >= 0.6 is 0 Å². The highest BCUT2D eigenvalue weighted by atomic mass is 16.5. The number of aromatic nitrogens is 5. The van der Waals surface area contributed by atoms with Crippen molar-refractivity contribution in [2.75, 3.05) is 19.8 Å². The summed E-state index contributed by atoms with van der Waals surface area (Å²) in [5.41, 5.74) is 1.18. The minimum Gasteiger partial charge on any atom is -0.494 e. The number of ether oxygens (including phenoxy) is 2. The number of tetrazole rings is 1. The number of pyridine rings is 1. The van der Waals surface area contributed by atoms with E-state index in [4.69, 9.17) is 13.9 Å². The van der Waals surface area contributed by atoms with E-state index in [0.717, 1.165) is 67.5 Å². The lowest BCUT2D eigenvalue weighted by Crippen LogP contribution is -2.39. The molecule has 1 aliphatic carbocycles. The van der Waals surface area contributed by atoms with E-state index < -0.39 is 6.04 Å². The summed E-state index contributed by atoms with van der Waals surface area (Å²) in [7, 11) is 0. The summed E-state index contributed by atoms with van der Waals surface area (Å²) >= 11 is 0. The summed E-state index contributed by atoms with van der Waals surface area (Å²) in [6.45, 7) is 4.39. The van der Waals surface area contributed by atoms with Crippen LogP contribution in [-0.2, 0) is 11.3 Å². The molecule has 1 N–H and O–H groups in total. The van der Waals surface area contributed by atoms with Gasteiger partial charge in [-0.3, -0.25) is 9.69 Å². The van der Waals surface area contributed by atoms with Crippen LogP contribution in [0.25, 0.3) is 10.9 Å². The van der Waals surface area contributed by atoms with Crippen molar-refractivity contribution in [3.63, 3.8) is 0 Å². The number of rotatable bonds is 10. The molecule has 2 fully saturated rings. The molecule has 1 aromatic carbocycles. The van der Waals surface area contributed by atoms with Gasteiger partial charge in [-0.25, -0.2) is 4.68 Å². The third-order valence-corrected chi connectivity index (χ3v) is 7.65. The molecule has 0 bridgehead atoms. The minimum absolute atomic E-state index is 0.0624. The summed E-state index contributed by atoms with van der Waals surface area (Å²) in [5, 5.41) is 14.0. The molecule has 1 saturated heterocycles. The van der Waals surface area contributed by atoms with Gasteiger partial charge < -0.3 is 18.9 Å². The summed E-state index contributed by atoms with van der Waals surface area (Å²) in [5.74, 6) is 2.24. The summed E-state index contributed by atoms with van der Waals surface area (Å²) in [6.07, 6.45) is 8.10. The van der Waals surface area contributed by atoms with Crippen molar-refractivity contribution >= 4 is 10.9 Å². The van der Waals surface area contributed by atoms with Crippen LogP contribution in [0, 0.1) is 0 Å². The van der Waals surface area contributed by atoms with Crippen LogP contribution in [0.2, 0.25) is 0 Å². The van der Waals surface area contributed by atoms with E-state index in [9.17, 15) is 4.79 Å². The minimum atomic E-state index is -0.496.